The van der Waals surface area contributed by atoms with Crippen molar-refractivity contribution < 1.29 is 9.53 Å². The molecule has 4 heteroatoms. The van der Waals surface area contributed by atoms with Crippen molar-refractivity contribution in [2.24, 2.45) is 11.5 Å². The fourth-order valence-corrected chi connectivity index (χ4v) is 0.301. The van der Waals surface area contributed by atoms with E-state index in [1.807, 2.05) is 0 Å². The van der Waals surface area contributed by atoms with Crippen molar-refractivity contribution in [1.29, 1.82) is 0 Å². The molecule has 0 spiro atoms. The molecule has 0 aliphatic rings. The summed E-state index contributed by atoms with van der Waals surface area (Å²) in [6.45, 7) is 4.91. The second-order valence-electron chi connectivity index (χ2n) is 1.93. The van der Waals surface area contributed by atoms with Gasteiger partial charge in [0.25, 0.3) is 0 Å². The minimum absolute atomic E-state index is 0.368. The Morgan fingerprint density at radius 2 is 2.30 bits per heavy atom. The van der Waals surface area contributed by atoms with Gasteiger partial charge in [0.15, 0.2) is 0 Å². The Bertz CT molecular complexity index is 143. The van der Waals surface area contributed by atoms with E-state index in [4.69, 9.17) is 11.5 Å². The molecule has 0 fully saturated rings. The molecule has 58 valence electrons. The van der Waals surface area contributed by atoms with Crippen LogP contribution in [-0.4, -0.2) is 11.8 Å². The molecule has 0 aromatic rings. The summed E-state index contributed by atoms with van der Waals surface area (Å²) < 4.78 is 4.53. The van der Waals surface area contributed by atoms with E-state index in [9.17, 15) is 4.79 Å². The van der Waals surface area contributed by atoms with Crippen LogP contribution in [0.15, 0.2) is 12.7 Å². The van der Waals surface area contributed by atoms with E-state index < -0.39 is 11.8 Å². The number of hydrogen-bond acceptors (Lipinski definition) is 4. The monoisotopic (exact) mass is 144 g/mol. The van der Waals surface area contributed by atoms with Crippen molar-refractivity contribution in [2.75, 3.05) is 0 Å². The van der Waals surface area contributed by atoms with E-state index >= 15 is 0 Å². The molecule has 0 aromatic carbocycles. The normalized spacial score (nSPS) is 10.7. The molecule has 10 heavy (non-hydrogen) atoms. The summed E-state index contributed by atoms with van der Waals surface area (Å²) in [6, 6.07) is 0. The zero-order valence-corrected chi connectivity index (χ0v) is 5.96. The van der Waals surface area contributed by atoms with Crippen molar-refractivity contribution in [3.63, 3.8) is 0 Å². The molecule has 0 unspecified atom stereocenters. The number of ether oxygens (including phenoxy) is 1. The Kier molecular flexibility index (Phi) is 3.05. The third kappa shape index (κ3) is 3.21. The highest BCUT2D eigenvalue weighted by atomic mass is 16.6. The van der Waals surface area contributed by atoms with Crippen molar-refractivity contribution in [3.05, 3.63) is 12.7 Å². The Balaban J connectivity index is 3.87. The van der Waals surface area contributed by atoms with E-state index in [0.717, 1.165) is 6.08 Å². The van der Waals surface area contributed by atoms with Crippen LogP contribution in [0, 0.1) is 0 Å². The van der Waals surface area contributed by atoms with Crippen molar-refractivity contribution in [2.45, 2.75) is 19.2 Å². The van der Waals surface area contributed by atoms with Gasteiger partial charge in [-0.25, -0.2) is 4.79 Å². The topological polar surface area (TPSA) is 78.3 Å². The van der Waals surface area contributed by atoms with Gasteiger partial charge in [-0.1, -0.05) is 13.5 Å². The van der Waals surface area contributed by atoms with Crippen LogP contribution in [0.1, 0.15) is 13.3 Å². The lowest BCUT2D eigenvalue weighted by molar-refractivity contribution is -0.152. The largest absolute Gasteiger partial charge is 0.428 e. The van der Waals surface area contributed by atoms with Crippen LogP contribution in [0.4, 0.5) is 0 Å². The van der Waals surface area contributed by atoms with Crippen LogP contribution >= 0.6 is 0 Å². The first-order valence-corrected chi connectivity index (χ1v) is 2.95. The van der Waals surface area contributed by atoms with Crippen LogP contribution in [0.5, 0.6) is 0 Å². The number of hydrogen-bond donors (Lipinski definition) is 2. The van der Waals surface area contributed by atoms with Gasteiger partial charge in [-0.3, -0.25) is 11.5 Å². The Morgan fingerprint density at radius 3 is 2.60 bits per heavy atom. The highest BCUT2D eigenvalue weighted by molar-refractivity contribution is 5.81. The molecule has 4 nitrogen and oxygen atoms in total. The van der Waals surface area contributed by atoms with Gasteiger partial charge in [-0.2, -0.15) is 0 Å². The van der Waals surface area contributed by atoms with Crippen LogP contribution in [0.3, 0.4) is 0 Å². The molecule has 0 radical (unpaired) electrons. The minimum atomic E-state index is -1.36. The SMILES string of the molecule is C=CC(=O)OC(N)(N)CC. The lowest BCUT2D eigenvalue weighted by atomic mass is 10.3. The summed E-state index contributed by atoms with van der Waals surface area (Å²) in [5, 5.41) is 0. The number of nitrogens with two attached hydrogens (primary N) is 2. The molecule has 0 atom stereocenters. The van der Waals surface area contributed by atoms with Gasteiger partial charge in [-0.05, 0) is 0 Å². The zero-order valence-electron chi connectivity index (χ0n) is 5.96. The number of esters is 1. The lowest BCUT2D eigenvalue weighted by Gasteiger charge is -2.21. The van der Waals surface area contributed by atoms with Gasteiger partial charge in [0, 0.05) is 12.5 Å². The van der Waals surface area contributed by atoms with Gasteiger partial charge in [-0.15, -0.1) is 0 Å². The number of carbonyl (C=O) groups is 1. The molecule has 0 rings (SSSR count). The average molecular weight is 144 g/mol. The highest BCUT2D eigenvalue weighted by Crippen LogP contribution is 1.99. The third-order valence-corrected chi connectivity index (χ3v) is 1.01. The fraction of sp³-hybridized carbons (Fsp3) is 0.500. The Hall–Kier alpha value is -0.870. The third-order valence-electron chi connectivity index (χ3n) is 1.01. The van der Waals surface area contributed by atoms with Gasteiger partial charge in [0.05, 0.1) is 0 Å². The molecule has 0 aromatic heterocycles. The van der Waals surface area contributed by atoms with Crippen molar-refractivity contribution in [3.8, 4) is 0 Å². The van der Waals surface area contributed by atoms with E-state index in [2.05, 4.69) is 11.3 Å². The standard InChI is InChI=1S/C6H12N2O2/c1-3-5(9)10-6(7,8)4-2/h3H,1,4,7-8H2,2H3. The maximum absolute atomic E-state index is 10.5. The highest BCUT2D eigenvalue weighted by Gasteiger charge is 2.19. The zero-order chi connectivity index (χ0) is 8.20. The van der Waals surface area contributed by atoms with Crippen molar-refractivity contribution >= 4 is 5.97 Å². The van der Waals surface area contributed by atoms with E-state index in [1.54, 1.807) is 6.92 Å². The van der Waals surface area contributed by atoms with Gasteiger partial charge < -0.3 is 4.74 Å². The first kappa shape index (κ1) is 9.13. The molecule has 0 aliphatic heterocycles. The molecule has 4 N–H and O–H groups in total. The summed E-state index contributed by atoms with van der Waals surface area (Å²) in [5.74, 6) is -1.96. The predicted molar refractivity (Wildman–Crippen MR) is 37.7 cm³/mol. The Morgan fingerprint density at radius 1 is 1.80 bits per heavy atom. The average Bonchev–Trinajstić information content (AvgIpc) is 1.87. The molecule has 0 aliphatic carbocycles. The molecular formula is C6H12N2O2. The maximum atomic E-state index is 10.5. The first-order chi connectivity index (χ1) is 4.52. The fourth-order valence-electron chi connectivity index (χ4n) is 0.301. The number of carbonyl (C=O) groups excluding carboxylic acids is 1. The smallest absolute Gasteiger partial charge is 0.332 e. The summed E-state index contributed by atoms with van der Waals surface area (Å²) in [6.07, 6.45) is 1.39. The summed E-state index contributed by atoms with van der Waals surface area (Å²) in [5.41, 5.74) is 10.6. The van der Waals surface area contributed by atoms with E-state index in [1.165, 1.54) is 0 Å². The van der Waals surface area contributed by atoms with E-state index in [-0.39, 0.29) is 0 Å². The molecule has 0 bridgehead atoms. The summed E-state index contributed by atoms with van der Waals surface area (Å²) in [4.78, 5) is 10.5. The van der Waals surface area contributed by atoms with E-state index in [0.29, 0.717) is 6.42 Å². The molecule has 0 saturated carbocycles. The molecular weight excluding hydrogens is 132 g/mol. The summed E-state index contributed by atoms with van der Waals surface area (Å²) >= 11 is 0. The second-order valence-corrected chi connectivity index (χ2v) is 1.93. The lowest BCUT2D eigenvalue weighted by Crippen LogP contribution is -2.52. The first-order valence-electron chi connectivity index (χ1n) is 2.95. The molecule has 0 saturated heterocycles. The second kappa shape index (κ2) is 3.34. The van der Waals surface area contributed by atoms with Gasteiger partial charge in [0.2, 0.25) is 5.85 Å². The maximum Gasteiger partial charge on any atom is 0.332 e. The minimum Gasteiger partial charge on any atom is -0.428 e. The van der Waals surface area contributed by atoms with Crippen LogP contribution in [0.2, 0.25) is 0 Å². The van der Waals surface area contributed by atoms with Gasteiger partial charge >= 0.3 is 5.97 Å². The van der Waals surface area contributed by atoms with Crippen LogP contribution in [0.25, 0.3) is 0 Å². The quantitative estimate of drug-likeness (QED) is 0.324. The molecule has 0 heterocycles. The molecule has 0 amide bonds. The van der Waals surface area contributed by atoms with Crippen LogP contribution < -0.4 is 11.5 Å². The van der Waals surface area contributed by atoms with Gasteiger partial charge in [0.1, 0.15) is 0 Å². The Labute approximate surface area is 59.8 Å². The van der Waals surface area contributed by atoms with Crippen LogP contribution in [-0.2, 0) is 9.53 Å². The predicted octanol–water partition coefficient (Wildman–Crippen LogP) is -0.303. The number of rotatable bonds is 3. The summed E-state index contributed by atoms with van der Waals surface area (Å²) in [7, 11) is 0. The van der Waals surface area contributed by atoms with Crippen molar-refractivity contribution in [1.82, 2.24) is 0 Å².